The Hall–Kier alpha value is -1.90. The summed E-state index contributed by atoms with van der Waals surface area (Å²) in [6.45, 7) is 10.0. The van der Waals surface area contributed by atoms with Gasteiger partial charge in [0.2, 0.25) is 5.91 Å². The second-order valence-corrected chi connectivity index (χ2v) is 12.6. The van der Waals surface area contributed by atoms with Gasteiger partial charge in [-0.15, -0.1) is 0 Å². The first-order valence-electron chi connectivity index (χ1n) is 12.5. The number of piperazine rings is 1. The van der Waals surface area contributed by atoms with Crippen molar-refractivity contribution in [3.63, 3.8) is 0 Å². The van der Waals surface area contributed by atoms with E-state index in [-0.39, 0.29) is 18.0 Å². The molecule has 1 saturated heterocycles. The van der Waals surface area contributed by atoms with E-state index >= 15 is 0 Å². The van der Waals surface area contributed by atoms with Crippen molar-refractivity contribution in [1.82, 2.24) is 14.7 Å². The quantitative estimate of drug-likeness (QED) is 0.413. The molecule has 0 aromatic heterocycles. The third-order valence-corrected chi connectivity index (χ3v) is 8.23. The Balaban J connectivity index is 1.62. The largest absolute Gasteiger partial charge is 0.444 e. The van der Waals surface area contributed by atoms with Gasteiger partial charge in [-0.25, -0.2) is 4.79 Å². The monoisotopic (exact) mass is 619 g/mol. The number of hydrogen-bond donors (Lipinski definition) is 0. The van der Waals surface area contributed by atoms with Gasteiger partial charge in [0.05, 0.1) is 6.04 Å². The summed E-state index contributed by atoms with van der Waals surface area (Å²) >= 11 is 7.16. The van der Waals surface area contributed by atoms with Gasteiger partial charge in [-0.1, -0.05) is 56.1 Å². The van der Waals surface area contributed by atoms with E-state index in [1.165, 1.54) is 5.56 Å². The van der Waals surface area contributed by atoms with Crippen LogP contribution in [0.1, 0.15) is 56.8 Å². The summed E-state index contributed by atoms with van der Waals surface area (Å²) in [6, 6.07) is 14.3. The van der Waals surface area contributed by atoms with E-state index in [0.29, 0.717) is 26.2 Å². The molecule has 0 N–H and O–H groups in total. The van der Waals surface area contributed by atoms with Crippen LogP contribution in [0.5, 0.6) is 0 Å². The molecule has 2 aromatic rings. The lowest BCUT2D eigenvalue weighted by Crippen LogP contribution is -2.61. The Bertz CT molecular complexity index is 1120. The van der Waals surface area contributed by atoms with Gasteiger partial charge in [-0.05, 0) is 75.4 Å². The molecule has 0 saturated carbocycles. The van der Waals surface area contributed by atoms with Crippen LogP contribution < -0.4 is 0 Å². The van der Waals surface area contributed by atoms with E-state index in [1.54, 1.807) is 4.90 Å². The number of nitrogens with zero attached hydrogens (tertiary/aromatic N) is 3. The highest BCUT2D eigenvalue weighted by molar-refractivity contribution is 9.11. The zero-order valence-electron chi connectivity index (χ0n) is 21.7. The van der Waals surface area contributed by atoms with Crippen LogP contribution in [0.15, 0.2) is 51.4 Å². The molecule has 2 atom stereocenters. The fourth-order valence-electron chi connectivity index (χ4n) is 5.38. The average molecular weight is 621 g/mol. The smallest absolute Gasteiger partial charge is 0.410 e. The number of benzene rings is 2. The molecule has 2 aromatic carbocycles. The summed E-state index contributed by atoms with van der Waals surface area (Å²) in [5.41, 5.74) is 2.10. The molecule has 6 nitrogen and oxygen atoms in total. The Morgan fingerprint density at radius 1 is 1.03 bits per heavy atom. The fraction of sp³-hybridized carbons (Fsp3) is 0.500. The highest BCUT2D eigenvalue weighted by Crippen LogP contribution is 2.44. The van der Waals surface area contributed by atoms with Gasteiger partial charge >= 0.3 is 6.09 Å². The maximum Gasteiger partial charge on any atom is 0.410 e. The minimum Gasteiger partial charge on any atom is -0.444 e. The summed E-state index contributed by atoms with van der Waals surface area (Å²) in [5, 5.41) is 0. The van der Waals surface area contributed by atoms with Gasteiger partial charge in [0, 0.05) is 42.2 Å². The molecule has 2 aliphatic rings. The van der Waals surface area contributed by atoms with Gasteiger partial charge in [0.15, 0.2) is 0 Å². The molecule has 0 radical (unpaired) electrons. The van der Waals surface area contributed by atoms with Crippen molar-refractivity contribution in [3.8, 4) is 0 Å². The molecule has 36 heavy (non-hydrogen) atoms. The lowest BCUT2D eigenvalue weighted by molar-refractivity contribution is -0.148. The minimum atomic E-state index is -0.747. The lowest BCUT2D eigenvalue weighted by atomic mass is 9.86. The Morgan fingerprint density at radius 3 is 2.25 bits per heavy atom. The molecular formula is C28H35Br2N3O3. The van der Waals surface area contributed by atoms with Gasteiger partial charge in [0.25, 0.3) is 0 Å². The standard InChI is InChI=1S/C28H35Br2N3O3/c1-19(21-16-22(29)18-23(30)17-21)31(5)25(34)28(11-10-20-8-6-7-9-24(20)28)33-14-12-32(13-15-33)26(35)36-27(2,3)4/h6-9,16-19H,10-15H2,1-5H3/t19-,28?/m1/s1. The predicted octanol–water partition coefficient (Wildman–Crippen LogP) is 6.13. The summed E-state index contributed by atoms with van der Waals surface area (Å²) in [7, 11) is 1.90. The van der Waals surface area contributed by atoms with Crippen LogP contribution in [0.4, 0.5) is 4.79 Å². The molecule has 1 unspecified atom stereocenters. The number of carbonyl (C=O) groups excluding carboxylic acids is 2. The third kappa shape index (κ3) is 5.36. The highest BCUT2D eigenvalue weighted by atomic mass is 79.9. The number of fused-ring (bicyclic) bond motifs is 1. The van der Waals surface area contributed by atoms with Crippen LogP contribution in [-0.4, -0.2) is 65.5 Å². The summed E-state index contributed by atoms with van der Waals surface area (Å²) < 4.78 is 7.53. The number of likely N-dealkylation sites (N-methyl/N-ethyl adjacent to an activating group) is 1. The van der Waals surface area contributed by atoms with Crippen LogP contribution >= 0.6 is 31.9 Å². The van der Waals surface area contributed by atoms with E-state index in [0.717, 1.165) is 32.9 Å². The van der Waals surface area contributed by atoms with E-state index in [9.17, 15) is 9.59 Å². The number of halogens is 2. The number of hydrogen-bond acceptors (Lipinski definition) is 4. The first-order chi connectivity index (χ1) is 16.9. The molecule has 1 aliphatic carbocycles. The number of ether oxygens (including phenoxy) is 1. The SMILES string of the molecule is C[C@H](c1cc(Br)cc(Br)c1)N(C)C(=O)C1(N2CCN(C(=O)OC(C)(C)C)CC2)CCc2ccccc21. The van der Waals surface area contributed by atoms with Crippen molar-refractivity contribution < 1.29 is 14.3 Å². The molecule has 1 aliphatic heterocycles. The highest BCUT2D eigenvalue weighted by Gasteiger charge is 2.52. The number of aryl methyl sites for hydroxylation is 1. The maximum atomic E-state index is 14.5. The molecule has 4 rings (SSSR count). The molecule has 0 spiro atoms. The second kappa shape index (κ2) is 10.5. The van der Waals surface area contributed by atoms with Crippen molar-refractivity contribution in [1.29, 1.82) is 0 Å². The predicted molar refractivity (Wildman–Crippen MR) is 149 cm³/mol. The average Bonchev–Trinajstić information content (AvgIpc) is 3.21. The molecule has 0 bridgehead atoms. The topological polar surface area (TPSA) is 53.1 Å². The maximum absolute atomic E-state index is 14.5. The van der Waals surface area contributed by atoms with Crippen molar-refractivity contribution in [2.45, 2.75) is 57.7 Å². The van der Waals surface area contributed by atoms with Crippen LogP contribution in [0.3, 0.4) is 0 Å². The van der Waals surface area contributed by atoms with Crippen LogP contribution in [-0.2, 0) is 21.5 Å². The summed E-state index contributed by atoms with van der Waals surface area (Å²) in [6.07, 6.45) is 1.30. The van der Waals surface area contributed by atoms with Crippen LogP contribution in [0.25, 0.3) is 0 Å². The minimum absolute atomic E-state index is 0.0989. The summed E-state index contributed by atoms with van der Waals surface area (Å²) in [4.78, 5) is 33.1. The van der Waals surface area contributed by atoms with E-state index in [2.05, 4.69) is 67.9 Å². The van der Waals surface area contributed by atoms with Gasteiger partial charge in [-0.3, -0.25) is 9.69 Å². The second-order valence-electron chi connectivity index (χ2n) is 10.8. The molecule has 1 heterocycles. The van der Waals surface area contributed by atoms with Crippen LogP contribution in [0.2, 0.25) is 0 Å². The Kier molecular flexibility index (Phi) is 7.89. The zero-order valence-corrected chi connectivity index (χ0v) is 24.9. The molecule has 1 fully saturated rings. The molecule has 194 valence electrons. The number of rotatable bonds is 4. The molecule has 2 amide bonds. The van der Waals surface area contributed by atoms with Crippen molar-refractivity contribution in [2.75, 3.05) is 33.2 Å². The molecular weight excluding hydrogens is 586 g/mol. The van der Waals surface area contributed by atoms with E-state index in [1.807, 2.05) is 50.9 Å². The van der Waals surface area contributed by atoms with E-state index < -0.39 is 11.1 Å². The Labute approximate surface area is 231 Å². The van der Waals surface area contributed by atoms with Gasteiger partial charge < -0.3 is 14.5 Å². The Morgan fingerprint density at radius 2 is 1.64 bits per heavy atom. The fourth-order valence-corrected chi connectivity index (χ4v) is 6.71. The molecule has 8 heteroatoms. The first kappa shape index (κ1) is 27.1. The first-order valence-corrected chi connectivity index (χ1v) is 14.1. The lowest BCUT2D eigenvalue weighted by Gasteiger charge is -2.47. The number of amides is 2. The van der Waals surface area contributed by atoms with Crippen LogP contribution in [0, 0.1) is 0 Å². The van der Waals surface area contributed by atoms with Crippen molar-refractivity contribution in [2.24, 2.45) is 0 Å². The van der Waals surface area contributed by atoms with Gasteiger partial charge in [0.1, 0.15) is 11.1 Å². The van der Waals surface area contributed by atoms with Gasteiger partial charge in [-0.2, -0.15) is 0 Å². The third-order valence-electron chi connectivity index (χ3n) is 7.31. The van der Waals surface area contributed by atoms with E-state index in [4.69, 9.17) is 4.74 Å². The van der Waals surface area contributed by atoms with Crippen molar-refractivity contribution >= 4 is 43.9 Å². The summed E-state index contributed by atoms with van der Waals surface area (Å²) in [5.74, 6) is 0.0989. The normalized spacial score (nSPS) is 21.1. The van der Waals surface area contributed by atoms with Crippen molar-refractivity contribution in [3.05, 3.63) is 68.1 Å². The zero-order chi connectivity index (χ0) is 26.3. The number of carbonyl (C=O) groups is 2.